The van der Waals surface area contributed by atoms with Crippen molar-refractivity contribution in [3.05, 3.63) is 17.8 Å². The minimum absolute atomic E-state index is 0.202. The summed E-state index contributed by atoms with van der Waals surface area (Å²) < 4.78 is 5.82. The molecule has 0 aromatic carbocycles. The number of amides is 1. The molecule has 2 atom stereocenters. The number of morpholine rings is 1. The quantitative estimate of drug-likeness (QED) is 0.881. The van der Waals surface area contributed by atoms with Gasteiger partial charge in [0.15, 0.2) is 11.5 Å². The smallest absolute Gasteiger partial charge is 0.271 e. The van der Waals surface area contributed by atoms with Crippen molar-refractivity contribution in [2.75, 3.05) is 44.7 Å². The van der Waals surface area contributed by atoms with Crippen molar-refractivity contribution in [2.45, 2.75) is 38.9 Å². The fourth-order valence-electron chi connectivity index (χ4n) is 3.89. The molecule has 138 valence electrons. The predicted octanol–water partition coefficient (Wildman–Crippen LogP) is 1.16. The molecule has 7 nitrogen and oxygen atoms in total. The molecule has 1 aromatic heterocycles. The highest BCUT2D eigenvalue weighted by atomic mass is 16.5. The number of hydrogen-bond acceptors (Lipinski definition) is 6. The monoisotopic (exact) mass is 347 g/mol. The highest BCUT2D eigenvalue weighted by molar-refractivity contribution is 5.91. The SMILES string of the molecule is CNC(=O)c1ccc(N2CCC(CN3CC(C)OC(C)C3)CC2)nn1. The summed E-state index contributed by atoms with van der Waals surface area (Å²) in [4.78, 5) is 16.4. The van der Waals surface area contributed by atoms with Crippen LogP contribution in [0.15, 0.2) is 12.1 Å². The summed E-state index contributed by atoms with van der Waals surface area (Å²) in [7, 11) is 1.60. The van der Waals surface area contributed by atoms with Crippen LogP contribution in [-0.2, 0) is 4.74 Å². The number of hydrogen-bond donors (Lipinski definition) is 1. The maximum absolute atomic E-state index is 11.5. The highest BCUT2D eigenvalue weighted by Crippen LogP contribution is 2.23. The summed E-state index contributed by atoms with van der Waals surface area (Å²) in [5.41, 5.74) is 0.358. The molecule has 2 saturated heterocycles. The largest absolute Gasteiger partial charge is 0.373 e. The number of piperidine rings is 1. The summed E-state index contributed by atoms with van der Waals surface area (Å²) in [5.74, 6) is 1.39. The van der Waals surface area contributed by atoms with Gasteiger partial charge in [0.2, 0.25) is 0 Å². The first kappa shape index (κ1) is 18.1. The number of carbonyl (C=O) groups excluding carboxylic acids is 1. The second-order valence-corrected chi connectivity index (χ2v) is 7.26. The molecule has 3 rings (SSSR count). The van der Waals surface area contributed by atoms with Crippen molar-refractivity contribution in [3.63, 3.8) is 0 Å². The van der Waals surface area contributed by atoms with Crippen molar-refractivity contribution in [3.8, 4) is 0 Å². The van der Waals surface area contributed by atoms with Gasteiger partial charge >= 0.3 is 0 Å². The Morgan fingerprint density at radius 3 is 2.44 bits per heavy atom. The van der Waals surface area contributed by atoms with Crippen LogP contribution in [0.25, 0.3) is 0 Å². The highest BCUT2D eigenvalue weighted by Gasteiger charge is 2.27. The Kier molecular flexibility index (Phi) is 5.86. The zero-order valence-electron chi connectivity index (χ0n) is 15.4. The zero-order chi connectivity index (χ0) is 17.8. The number of aromatic nitrogens is 2. The first-order valence-electron chi connectivity index (χ1n) is 9.23. The molecular weight excluding hydrogens is 318 g/mol. The van der Waals surface area contributed by atoms with E-state index >= 15 is 0 Å². The molecular formula is C18H29N5O2. The molecule has 1 amide bonds. The standard InChI is InChI=1S/C18H29N5O2/c1-13-10-22(11-14(2)25-13)12-15-6-8-23(9-7-15)17-5-4-16(20-21-17)18(24)19-3/h4-5,13-15H,6-12H2,1-3H3,(H,19,24). The molecule has 0 aliphatic carbocycles. The van der Waals surface area contributed by atoms with E-state index in [-0.39, 0.29) is 5.91 Å². The summed E-state index contributed by atoms with van der Waals surface area (Å²) >= 11 is 0. The molecule has 0 bridgehead atoms. The normalized spacial score (nSPS) is 25.8. The Bertz CT molecular complexity index is 561. The Balaban J connectivity index is 1.49. The molecule has 25 heavy (non-hydrogen) atoms. The lowest BCUT2D eigenvalue weighted by Crippen LogP contribution is -2.48. The fraction of sp³-hybridized carbons (Fsp3) is 0.722. The number of ether oxygens (including phenoxy) is 1. The molecule has 0 saturated carbocycles. The van der Waals surface area contributed by atoms with Gasteiger partial charge < -0.3 is 15.0 Å². The van der Waals surface area contributed by atoms with Crippen LogP contribution >= 0.6 is 0 Å². The van der Waals surface area contributed by atoms with Gasteiger partial charge in [-0.15, -0.1) is 10.2 Å². The van der Waals surface area contributed by atoms with Gasteiger partial charge in [0.05, 0.1) is 12.2 Å². The van der Waals surface area contributed by atoms with E-state index in [0.29, 0.717) is 17.9 Å². The van der Waals surface area contributed by atoms with Crippen molar-refractivity contribution < 1.29 is 9.53 Å². The van der Waals surface area contributed by atoms with Crippen LogP contribution in [0.3, 0.4) is 0 Å². The van der Waals surface area contributed by atoms with Crippen LogP contribution in [0.4, 0.5) is 5.82 Å². The maximum atomic E-state index is 11.5. The molecule has 2 unspecified atom stereocenters. The number of carbonyl (C=O) groups is 1. The number of rotatable bonds is 4. The number of anilines is 1. The maximum Gasteiger partial charge on any atom is 0.271 e. The summed E-state index contributed by atoms with van der Waals surface area (Å²) in [6, 6.07) is 3.63. The lowest BCUT2D eigenvalue weighted by Gasteiger charge is -2.39. The van der Waals surface area contributed by atoms with E-state index in [1.54, 1.807) is 13.1 Å². The summed E-state index contributed by atoms with van der Waals surface area (Å²) in [5, 5.41) is 10.8. The Morgan fingerprint density at radius 2 is 1.88 bits per heavy atom. The van der Waals surface area contributed by atoms with Gasteiger partial charge in [0.25, 0.3) is 5.91 Å². The van der Waals surface area contributed by atoms with Gasteiger partial charge in [0, 0.05) is 39.8 Å². The second kappa shape index (κ2) is 8.10. The van der Waals surface area contributed by atoms with Crippen LogP contribution in [0.5, 0.6) is 0 Å². The van der Waals surface area contributed by atoms with E-state index in [2.05, 4.69) is 39.2 Å². The summed E-state index contributed by atoms with van der Waals surface area (Å²) in [6.45, 7) is 9.54. The fourth-order valence-corrected chi connectivity index (χ4v) is 3.89. The Labute approximate surface area is 149 Å². The van der Waals surface area contributed by atoms with Gasteiger partial charge in [-0.05, 0) is 44.7 Å². The summed E-state index contributed by atoms with van der Waals surface area (Å²) in [6.07, 6.45) is 2.99. The first-order valence-corrected chi connectivity index (χ1v) is 9.23. The van der Waals surface area contributed by atoms with Crippen LogP contribution in [0.1, 0.15) is 37.2 Å². The molecule has 1 aromatic rings. The van der Waals surface area contributed by atoms with Gasteiger partial charge in [-0.25, -0.2) is 0 Å². The molecule has 2 aliphatic rings. The first-order chi connectivity index (χ1) is 12.0. The number of nitrogens with one attached hydrogen (secondary N) is 1. The minimum Gasteiger partial charge on any atom is -0.373 e. The third kappa shape index (κ3) is 4.67. The third-order valence-electron chi connectivity index (χ3n) is 5.06. The van der Waals surface area contributed by atoms with Crippen LogP contribution < -0.4 is 10.2 Å². The van der Waals surface area contributed by atoms with Gasteiger partial charge in [-0.3, -0.25) is 9.69 Å². The van der Waals surface area contributed by atoms with Crippen LogP contribution in [-0.4, -0.2) is 73.0 Å². The molecule has 3 heterocycles. The average molecular weight is 347 g/mol. The van der Waals surface area contributed by atoms with Crippen LogP contribution in [0, 0.1) is 5.92 Å². The van der Waals surface area contributed by atoms with Crippen molar-refractivity contribution in [2.24, 2.45) is 5.92 Å². The second-order valence-electron chi connectivity index (χ2n) is 7.26. The number of nitrogens with zero attached hydrogens (tertiary/aromatic N) is 4. The Morgan fingerprint density at radius 1 is 1.20 bits per heavy atom. The van der Waals surface area contributed by atoms with E-state index in [4.69, 9.17) is 4.74 Å². The average Bonchev–Trinajstić information content (AvgIpc) is 2.61. The van der Waals surface area contributed by atoms with Crippen molar-refractivity contribution in [1.29, 1.82) is 0 Å². The third-order valence-corrected chi connectivity index (χ3v) is 5.06. The van der Waals surface area contributed by atoms with E-state index in [0.717, 1.165) is 44.5 Å². The van der Waals surface area contributed by atoms with E-state index < -0.39 is 0 Å². The minimum atomic E-state index is -0.202. The van der Waals surface area contributed by atoms with E-state index in [9.17, 15) is 4.79 Å². The lowest BCUT2D eigenvalue weighted by molar-refractivity contribution is -0.0720. The molecule has 0 spiro atoms. The van der Waals surface area contributed by atoms with Gasteiger partial charge in [-0.2, -0.15) is 0 Å². The Hall–Kier alpha value is -1.73. The molecule has 0 radical (unpaired) electrons. The van der Waals surface area contributed by atoms with Crippen molar-refractivity contribution >= 4 is 11.7 Å². The van der Waals surface area contributed by atoms with Crippen LogP contribution in [0.2, 0.25) is 0 Å². The zero-order valence-corrected chi connectivity index (χ0v) is 15.4. The van der Waals surface area contributed by atoms with E-state index in [1.165, 1.54) is 12.8 Å². The van der Waals surface area contributed by atoms with E-state index in [1.807, 2.05) is 6.07 Å². The molecule has 2 aliphatic heterocycles. The molecule has 2 fully saturated rings. The van der Waals surface area contributed by atoms with Gasteiger partial charge in [0.1, 0.15) is 0 Å². The van der Waals surface area contributed by atoms with Crippen molar-refractivity contribution in [1.82, 2.24) is 20.4 Å². The predicted molar refractivity (Wildman–Crippen MR) is 96.8 cm³/mol. The molecule has 1 N–H and O–H groups in total. The topological polar surface area (TPSA) is 70.6 Å². The molecule has 7 heteroatoms. The lowest BCUT2D eigenvalue weighted by atomic mass is 9.95. The van der Waals surface area contributed by atoms with Gasteiger partial charge in [-0.1, -0.05) is 0 Å².